The minimum Gasteiger partial charge on any atom is -2.00 e. The quantitative estimate of drug-likeness (QED) is 0.498. The van der Waals surface area contributed by atoms with E-state index >= 15 is 0 Å². The predicted molar refractivity (Wildman–Crippen MR) is 9.19 cm³/mol. The van der Waals surface area contributed by atoms with Gasteiger partial charge in [-0.25, -0.2) is 0 Å². The SMILES string of the molecule is O=[Si]=O.[La+3].[La+3].[O-2].[O-2].[O-2]. The van der Waals surface area contributed by atoms with Crippen LogP contribution in [0.15, 0.2) is 0 Å². The van der Waals surface area contributed by atoms with E-state index in [1.807, 2.05) is 0 Å². The summed E-state index contributed by atoms with van der Waals surface area (Å²) < 4.78 is 16.8. The van der Waals surface area contributed by atoms with Crippen LogP contribution < -0.4 is 0 Å². The van der Waals surface area contributed by atoms with Gasteiger partial charge in [-0.2, -0.15) is 0 Å². The molecule has 0 spiro atoms. The van der Waals surface area contributed by atoms with Gasteiger partial charge in [0.25, 0.3) is 0 Å². The van der Waals surface area contributed by atoms with Gasteiger partial charge in [-0.15, -0.1) is 0 Å². The van der Waals surface area contributed by atoms with Gasteiger partial charge in [-0.1, -0.05) is 0 Å². The monoisotopic (exact) mass is 386 g/mol. The van der Waals surface area contributed by atoms with Crippen LogP contribution in [-0.4, -0.2) is 9.29 Å². The van der Waals surface area contributed by atoms with Crippen molar-refractivity contribution in [2.75, 3.05) is 0 Å². The van der Waals surface area contributed by atoms with Gasteiger partial charge in [-0.05, 0) is 0 Å². The largest absolute Gasteiger partial charge is 3.00 e. The van der Waals surface area contributed by atoms with Crippen molar-refractivity contribution in [3.63, 3.8) is 0 Å². The average molecular weight is 386 g/mol. The molecule has 0 unspecified atom stereocenters. The normalized spacial score (nSPS) is 1.00. The zero-order valence-corrected chi connectivity index (χ0v) is 11.9. The van der Waals surface area contributed by atoms with Crippen molar-refractivity contribution in [3.05, 3.63) is 0 Å². The molecule has 0 aromatic rings. The van der Waals surface area contributed by atoms with Crippen LogP contribution in [0, 0.1) is 71.2 Å². The molecule has 0 saturated carbocycles. The second-order valence-corrected chi connectivity index (χ2v) is 0.250. The molecule has 0 fully saturated rings. The maximum Gasteiger partial charge on any atom is 3.00 e. The minimum absolute atomic E-state index is 0. The van der Waals surface area contributed by atoms with Gasteiger partial charge in [0.1, 0.15) is 0 Å². The smallest absolute Gasteiger partial charge is 2.00 e. The molecule has 0 aromatic carbocycles. The molecule has 0 aliphatic heterocycles. The molecule has 0 rings (SSSR count). The molecule has 0 aromatic heterocycles. The Bertz CT molecular complexity index is 31.4. The van der Waals surface area contributed by atoms with E-state index in [1.165, 1.54) is 0 Å². The molecule has 40 valence electrons. The van der Waals surface area contributed by atoms with E-state index in [-0.39, 0.29) is 87.6 Å². The Morgan fingerprint density at radius 1 is 0.750 bits per heavy atom. The molecule has 8 heteroatoms. The van der Waals surface area contributed by atoms with Crippen molar-refractivity contribution in [2.45, 2.75) is 0 Å². The van der Waals surface area contributed by atoms with E-state index in [2.05, 4.69) is 0 Å². The molecule has 0 bridgehead atoms. The van der Waals surface area contributed by atoms with Gasteiger partial charge < -0.3 is 16.4 Å². The van der Waals surface area contributed by atoms with Crippen LogP contribution in [0.25, 0.3) is 0 Å². The second kappa shape index (κ2) is 62.4. The summed E-state index contributed by atoms with van der Waals surface area (Å²) in [5.41, 5.74) is 0. The van der Waals surface area contributed by atoms with Crippen molar-refractivity contribution in [3.8, 4) is 0 Å². The van der Waals surface area contributed by atoms with Gasteiger partial charge in [0.05, 0.1) is 0 Å². The van der Waals surface area contributed by atoms with Gasteiger partial charge in [0, 0.05) is 0 Å². The third-order valence-electron chi connectivity index (χ3n) is 0. The van der Waals surface area contributed by atoms with Crippen LogP contribution in [-0.2, 0) is 25.4 Å². The van der Waals surface area contributed by atoms with Crippen molar-refractivity contribution in [1.29, 1.82) is 0 Å². The molecule has 0 N–H and O–H groups in total. The summed E-state index contributed by atoms with van der Waals surface area (Å²) in [5.74, 6) is 0. The Hall–Kier alpha value is 2.09. The fraction of sp³-hybridized carbons (Fsp3) is 0. The Balaban J connectivity index is -0.00000000200. The van der Waals surface area contributed by atoms with E-state index in [0.29, 0.717) is 0 Å². The summed E-state index contributed by atoms with van der Waals surface area (Å²) in [6.45, 7) is 0. The number of hydrogen-bond acceptors (Lipinski definition) is 2. The number of hydrogen-bond donors (Lipinski definition) is 0. The van der Waals surface area contributed by atoms with Crippen molar-refractivity contribution >= 4 is 9.29 Å². The average Bonchev–Trinajstić information content (AvgIpc) is 0.918. The molecule has 8 heavy (non-hydrogen) atoms. The van der Waals surface area contributed by atoms with E-state index < -0.39 is 9.29 Å². The van der Waals surface area contributed by atoms with Crippen LogP contribution in [0.2, 0.25) is 0 Å². The fourth-order valence-electron chi connectivity index (χ4n) is 0. The maximum absolute atomic E-state index is 8.40. The van der Waals surface area contributed by atoms with Gasteiger partial charge >= 0.3 is 80.5 Å². The summed E-state index contributed by atoms with van der Waals surface area (Å²) in [7, 11) is -1.42. The summed E-state index contributed by atoms with van der Waals surface area (Å²) in [5, 5.41) is 0. The molecular weight excluding hydrogens is 386 g/mol. The first kappa shape index (κ1) is 49.9. The van der Waals surface area contributed by atoms with Gasteiger partial charge in [-0.3, -0.25) is 8.92 Å². The molecule has 0 amide bonds. The van der Waals surface area contributed by atoms with Crippen LogP contribution in [0.5, 0.6) is 0 Å². The van der Waals surface area contributed by atoms with Gasteiger partial charge in [0.2, 0.25) is 0 Å². The molecule has 0 radical (unpaired) electrons. The molecular formula is La2O5Si. The maximum atomic E-state index is 8.40. The molecule has 0 aliphatic carbocycles. The van der Waals surface area contributed by atoms with Crippen LogP contribution in [0.3, 0.4) is 0 Å². The van der Waals surface area contributed by atoms with E-state index in [4.69, 9.17) is 8.92 Å². The summed E-state index contributed by atoms with van der Waals surface area (Å²) >= 11 is 0. The molecule has 5 nitrogen and oxygen atoms in total. The fourth-order valence-corrected chi connectivity index (χ4v) is 0. The predicted octanol–water partition coefficient (Wildman–Crippen LogP) is -0.975. The molecule has 0 saturated heterocycles. The summed E-state index contributed by atoms with van der Waals surface area (Å²) in [4.78, 5) is 0. The zero-order valence-electron chi connectivity index (χ0n) is 3.70. The minimum atomic E-state index is -1.42. The summed E-state index contributed by atoms with van der Waals surface area (Å²) in [6.07, 6.45) is 0. The molecule has 0 aliphatic rings. The van der Waals surface area contributed by atoms with Crippen molar-refractivity contribution in [1.82, 2.24) is 0 Å². The Morgan fingerprint density at radius 3 is 0.750 bits per heavy atom. The van der Waals surface area contributed by atoms with Crippen LogP contribution in [0.4, 0.5) is 0 Å². The third-order valence-corrected chi connectivity index (χ3v) is 0. The van der Waals surface area contributed by atoms with Gasteiger partial charge in [0.15, 0.2) is 0 Å². The Labute approximate surface area is 104 Å². The topological polar surface area (TPSA) is 120 Å². The van der Waals surface area contributed by atoms with E-state index in [0.717, 1.165) is 0 Å². The first-order chi connectivity index (χ1) is 1.41. The standard InChI is InChI=1S/2La.O2Si.3O/c;;1-3-2;;;/q2*+3;;3*-2. The Kier molecular flexibility index (Phi) is 389. The Morgan fingerprint density at radius 2 is 0.750 bits per heavy atom. The zero-order chi connectivity index (χ0) is 2.71. The first-order valence-corrected chi connectivity index (χ1v) is 1.22. The first-order valence-electron chi connectivity index (χ1n) is 0.408. The number of rotatable bonds is 0. The van der Waals surface area contributed by atoms with E-state index in [1.54, 1.807) is 0 Å². The van der Waals surface area contributed by atoms with Crippen molar-refractivity contribution in [2.24, 2.45) is 0 Å². The molecule has 0 heterocycles. The van der Waals surface area contributed by atoms with E-state index in [9.17, 15) is 0 Å². The van der Waals surface area contributed by atoms with Crippen LogP contribution in [0.1, 0.15) is 0 Å². The second-order valence-electron chi connectivity index (χ2n) is 0.0833. The van der Waals surface area contributed by atoms with Crippen LogP contribution >= 0.6 is 0 Å². The summed E-state index contributed by atoms with van der Waals surface area (Å²) in [6, 6.07) is 0. The third kappa shape index (κ3) is 93.3. The molecule has 0 atom stereocenters. The van der Waals surface area contributed by atoms with Crippen molar-refractivity contribution < 1.29 is 96.6 Å².